The smallest absolute Gasteiger partial charge is 0.245 e. The summed E-state index contributed by atoms with van der Waals surface area (Å²) in [6, 6.07) is 1.89. The molecule has 1 fully saturated rings. The summed E-state index contributed by atoms with van der Waals surface area (Å²) in [6.07, 6.45) is 5.21. The number of aromatic nitrogens is 2. The number of carbonyl (C=O) groups is 2. The lowest BCUT2D eigenvalue weighted by Gasteiger charge is -2.30. The van der Waals surface area contributed by atoms with Gasteiger partial charge in [-0.25, -0.2) is 0 Å². The Kier molecular flexibility index (Phi) is 4.92. The second-order valence-electron chi connectivity index (χ2n) is 4.93. The molecule has 6 heteroatoms. The number of hydrogen-bond donors (Lipinski definition) is 2. The molecular formula is C14H20N4O2. The lowest BCUT2D eigenvalue weighted by molar-refractivity contribution is -0.132. The molecule has 1 saturated heterocycles. The Morgan fingerprint density at radius 2 is 2.25 bits per heavy atom. The van der Waals surface area contributed by atoms with E-state index >= 15 is 0 Å². The van der Waals surface area contributed by atoms with Crippen LogP contribution in [0.2, 0.25) is 0 Å². The molecule has 20 heavy (non-hydrogen) atoms. The maximum Gasteiger partial charge on any atom is 0.245 e. The Labute approximate surface area is 118 Å². The largest absolute Gasteiger partial charge is 0.355 e. The first kappa shape index (κ1) is 14.3. The number of nitrogens with zero attached hydrogens (tertiary/aromatic N) is 2. The van der Waals surface area contributed by atoms with Gasteiger partial charge in [0.1, 0.15) is 0 Å². The van der Waals surface area contributed by atoms with Crippen molar-refractivity contribution in [2.24, 2.45) is 5.92 Å². The molecule has 2 heterocycles. The van der Waals surface area contributed by atoms with E-state index in [-0.39, 0.29) is 17.7 Å². The molecule has 2 amide bonds. The maximum atomic E-state index is 12.0. The molecule has 0 radical (unpaired) electrons. The quantitative estimate of drug-likeness (QED) is 0.768. The maximum absolute atomic E-state index is 12.0. The highest BCUT2D eigenvalue weighted by Crippen LogP contribution is 2.17. The lowest BCUT2D eigenvalue weighted by Crippen LogP contribution is -2.42. The Morgan fingerprint density at radius 3 is 2.85 bits per heavy atom. The van der Waals surface area contributed by atoms with E-state index in [9.17, 15) is 9.59 Å². The van der Waals surface area contributed by atoms with Crippen LogP contribution in [0.3, 0.4) is 0 Å². The molecule has 0 spiro atoms. The lowest BCUT2D eigenvalue weighted by atomic mass is 9.96. The molecule has 0 bridgehead atoms. The number of amides is 2. The van der Waals surface area contributed by atoms with Gasteiger partial charge in [0.05, 0.1) is 0 Å². The summed E-state index contributed by atoms with van der Waals surface area (Å²) in [5, 5.41) is 9.66. The molecule has 108 valence electrons. The minimum atomic E-state index is -0.0527. The highest BCUT2D eigenvalue weighted by Gasteiger charge is 2.26. The number of rotatable bonds is 5. The number of likely N-dealkylation sites (tertiary alicyclic amines) is 1. The van der Waals surface area contributed by atoms with Gasteiger partial charge in [-0.2, -0.15) is 5.10 Å². The summed E-state index contributed by atoms with van der Waals surface area (Å²) >= 11 is 0. The van der Waals surface area contributed by atoms with Crippen molar-refractivity contribution in [2.75, 3.05) is 19.6 Å². The van der Waals surface area contributed by atoms with Crippen LogP contribution in [0.15, 0.2) is 24.9 Å². The van der Waals surface area contributed by atoms with E-state index in [0.29, 0.717) is 19.6 Å². The van der Waals surface area contributed by atoms with E-state index in [1.54, 1.807) is 11.1 Å². The van der Waals surface area contributed by atoms with Crippen molar-refractivity contribution in [1.29, 1.82) is 0 Å². The van der Waals surface area contributed by atoms with E-state index in [1.165, 1.54) is 6.08 Å². The number of aromatic amines is 1. The third-order valence-corrected chi connectivity index (χ3v) is 3.60. The highest BCUT2D eigenvalue weighted by molar-refractivity contribution is 5.87. The first-order valence-corrected chi connectivity index (χ1v) is 6.88. The number of H-pyrrole nitrogens is 1. The van der Waals surface area contributed by atoms with Gasteiger partial charge < -0.3 is 10.2 Å². The minimum absolute atomic E-state index is 0.00521. The zero-order valence-corrected chi connectivity index (χ0v) is 11.5. The third-order valence-electron chi connectivity index (χ3n) is 3.60. The topological polar surface area (TPSA) is 78.1 Å². The van der Waals surface area contributed by atoms with Crippen LogP contribution in [0.1, 0.15) is 18.5 Å². The van der Waals surface area contributed by atoms with Gasteiger partial charge in [0, 0.05) is 43.9 Å². The van der Waals surface area contributed by atoms with Crippen molar-refractivity contribution in [2.45, 2.75) is 19.3 Å². The van der Waals surface area contributed by atoms with Crippen LogP contribution in [0.25, 0.3) is 0 Å². The molecule has 0 aliphatic carbocycles. The first-order valence-electron chi connectivity index (χ1n) is 6.88. The predicted molar refractivity (Wildman–Crippen MR) is 74.8 cm³/mol. The van der Waals surface area contributed by atoms with Crippen LogP contribution in [-0.2, 0) is 16.0 Å². The van der Waals surface area contributed by atoms with Crippen molar-refractivity contribution in [3.05, 3.63) is 30.6 Å². The summed E-state index contributed by atoms with van der Waals surface area (Å²) in [4.78, 5) is 25.2. The zero-order valence-electron chi connectivity index (χ0n) is 11.5. The fraction of sp³-hybridized carbons (Fsp3) is 0.500. The second kappa shape index (κ2) is 6.88. The van der Waals surface area contributed by atoms with E-state index in [4.69, 9.17) is 0 Å². The molecule has 1 aliphatic rings. The van der Waals surface area contributed by atoms with Crippen LogP contribution in [0.5, 0.6) is 0 Å². The minimum Gasteiger partial charge on any atom is -0.355 e. The monoisotopic (exact) mass is 276 g/mol. The van der Waals surface area contributed by atoms with Gasteiger partial charge in [-0.05, 0) is 25.0 Å². The Hall–Kier alpha value is -2.11. The summed E-state index contributed by atoms with van der Waals surface area (Å²) in [7, 11) is 0. The van der Waals surface area contributed by atoms with Crippen LogP contribution in [0, 0.1) is 5.92 Å². The molecule has 0 atom stereocenters. The van der Waals surface area contributed by atoms with Gasteiger partial charge in [0.15, 0.2) is 0 Å². The number of hydrogen-bond acceptors (Lipinski definition) is 3. The Balaban J connectivity index is 1.69. The van der Waals surface area contributed by atoms with Gasteiger partial charge in [0.2, 0.25) is 11.8 Å². The Morgan fingerprint density at radius 1 is 1.50 bits per heavy atom. The molecular weight excluding hydrogens is 256 g/mol. The van der Waals surface area contributed by atoms with E-state index in [0.717, 1.165) is 25.0 Å². The standard InChI is InChI=1S/C14H20N4O2/c1-2-13(19)18-9-5-11(6-10-18)14(20)15-7-3-12-4-8-16-17-12/h2,4,8,11H,1,3,5-7,9-10H2,(H,15,20)(H,16,17). The van der Waals surface area contributed by atoms with Crippen LogP contribution in [0.4, 0.5) is 0 Å². The molecule has 0 unspecified atom stereocenters. The molecule has 1 aromatic rings. The highest BCUT2D eigenvalue weighted by atomic mass is 16.2. The van der Waals surface area contributed by atoms with Crippen LogP contribution >= 0.6 is 0 Å². The SMILES string of the molecule is C=CC(=O)N1CCC(C(=O)NCCc2ccn[nH]2)CC1. The van der Waals surface area contributed by atoms with Crippen molar-refractivity contribution in [3.8, 4) is 0 Å². The second-order valence-corrected chi connectivity index (χ2v) is 4.93. The number of piperidine rings is 1. The molecule has 0 saturated carbocycles. The zero-order chi connectivity index (χ0) is 14.4. The predicted octanol–water partition coefficient (Wildman–Crippen LogP) is 0.493. The summed E-state index contributed by atoms with van der Waals surface area (Å²) in [5.74, 6) is 0.0314. The van der Waals surface area contributed by atoms with Crippen molar-refractivity contribution < 1.29 is 9.59 Å². The average molecular weight is 276 g/mol. The van der Waals surface area contributed by atoms with Gasteiger partial charge in [-0.15, -0.1) is 0 Å². The van der Waals surface area contributed by atoms with Crippen LogP contribution in [-0.4, -0.2) is 46.5 Å². The van der Waals surface area contributed by atoms with Crippen molar-refractivity contribution in [3.63, 3.8) is 0 Å². The molecule has 2 rings (SSSR count). The molecule has 1 aliphatic heterocycles. The Bertz CT molecular complexity index is 462. The van der Waals surface area contributed by atoms with Gasteiger partial charge in [-0.3, -0.25) is 14.7 Å². The number of nitrogens with one attached hydrogen (secondary N) is 2. The fourth-order valence-electron chi connectivity index (χ4n) is 2.38. The summed E-state index contributed by atoms with van der Waals surface area (Å²) < 4.78 is 0. The van der Waals surface area contributed by atoms with Crippen molar-refractivity contribution in [1.82, 2.24) is 20.4 Å². The van der Waals surface area contributed by atoms with Crippen molar-refractivity contribution >= 4 is 11.8 Å². The average Bonchev–Trinajstić information content (AvgIpc) is 2.99. The summed E-state index contributed by atoms with van der Waals surface area (Å²) in [5.41, 5.74) is 1.01. The third kappa shape index (κ3) is 3.69. The fourth-order valence-corrected chi connectivity index (χ4v) is 2.38. The molecule has 0 aromatic carbocycles. The van der Waals surface area contributed by atoms with Gasteiger partial charge in [-0.1, -0.05) is 6.58 Å². The summed E-state index contributed by atoms with van der Waals surface area (Å²) in [6.45, 7) is 5.34. The van der Waals surface area contributed by atoms with E-state index in [2.05, 4.69) is 22.1 Å². The van der Waals surface area contributed by atoms with E-state index < -0.39 is 0 Å². The normalized spacial score (nSPS) is 15.9. The van der Waals surface area contributed by atoms with Gasteiger partial charge >= 0.3 is 0 Å². The first-order chi connectivity index (χ1) is 9.70. The van der Waals surface area contributed by atoms with E-state index in [1.807, 2.05) is 6.07 Å². The van der Waals surface area contributed by atoms with Gasteiger partial charge in [0.25, 0.3) is 0 Å². The molecule has 2 N–H and O–H groups in total. The number of carbonyl (C=O) groups excluding carboxylic acids is 2. The van der Waals surface area contributed by atoms with Crippen LogP contribution < -0.4 is 5.32 Å². The molecule has 6 nitrogen and oxygen atoms in total. The molecule has 1 aromatic heterocycles.